The summed E-state index contributed by atoms with van der Waals surface area (Å²) in [5, 5.41) is 0. The molecular formula is C12H18S. The van der Waals surface area contributed by atoms with Crippen molar-refractivity contribution >= 4 is 23.0 Å². The SMILES string of the molecule is C=Cc1cc(C)sc1C(=C)C.CC. The number of thiophene rings is 1. The topological polar surface area (TPSA) is 0 Å². The van der Waals surface area contributed by atoms with E-state index in [1.165, 1.54) is 15.3 Å². The Bertz CT molecular complexity index is 292. The van der Waals surface area contributed by atoms with Gasteiger partial charge in [0.1, 0.15) is 0 Å². The molecule has 13 heavy (non-hydrogen) atoms. The number of hydrogen-bond acceptors (Lipinski definition) is 1. The molecule has 1 heterocycles. The van der Waals surface area contributed by atoms with Crippen molar-refractivity contribution in [3.8, 4) is 0 Å². The van der Waals surface area contributed by atoms with Gasteiger partial charge in [0.05, 0.1) is 0 Å². The van der Waals surface area contributed by atoms with Crippen molar-refractivity contribution < 1.29 is 0 Å². The van der Waals surface area contributed by atoms with Gasteiger partial charge in [-0.2, -0.15) is 0 Å². The molecule has 0 radical (unpaired) electrons. The van der Waals surface area contributed by atoms with Gasteiger partial charge in [-0.1, -0.05) is 33.1 Å². The monoisotopic (exact) mass is 194 g/mol. The van der Waals surface area contributed by atoms with Crippen molar-refractivity contribution in [3.05, 3.63) is 34.5 Å². The molecule has 0 aliphatic carbocycles. The van der Waals surface area contributed by atoms with Crippen LogP contribution in [0.3, 0.4) is 0 Å². The van der Waals surface area contributed by atoms with Crippen LogP contribution in [0.2, 0.25) is 0 Å². The maximum absolute atomic E-state index is 3.91. The largest absolute Gasteiger partial charge is 0.140 e. The van der Waals surface area contributed by atoms with Gasteiger partial charge >= 0.3 is 0 Å². The van der Waals surface area contributed by atoms with E-state index in [0.29, 0.717) is 0 Å². The summed E-state index contributed by atoms with van der Waals surface area (Å²) < 4.78 is 0. The van der Waals surface area contributed by atoms with Gasteiger partial charge in [0.25, 0.3) is 0 Å². The molecule has 0 amide bonds. The van der Waals surface area contributed by atoms with Crippen LogP contribution in [-0.2, 0) is 0 Å². The van der Waals surface area contributed by atoms with E-state index in [2.05, 4.69) is 26.1 Å². The van der Waals surface area contributed by atoms with Crippen LogP contribution in [0.1, 0.15) is 36.1 Å². The van der Waals surface area contributed by atoms with E-state index in [4.69, 9.17) is 0 Å². The summed E-state index contributed by atoms with van der Waals surface area (Å²) in [7, 11) is 0. The van der Waals surface area contributed by atoms with Crippen LogP contribution in [0, 0.1) is 6.92 Å². The number of allylic oxidation sites excluding steroid dienone is 1. The second-order valence-electron chi connectivity index (χ2n) is 2.63. The summed E-state index contributed by atoms with van der Waals surface area (Å²) in [5.41, 5.74) is 2.33. The van der Waals surface area contributed by atoms with E-state index < -0.39 is 0 Å². The van der Waals surface area contributed by atoms with E-state index >= 15 is 0 Å². The first-order valence-corrected chi connectivity index (χ1v) is 5.35. The van der Waals surface area contributed by atoms with Crippen LogP contribution in [0.25, 0.3) is 11.6 Å². The molecule has 0 aliphatic heterocycles. The van der Waals surface area contributed by atoms with E-state index in [1.54, 1.807) is 11.3 Å². The lowest BCUT2D eigenvalue weighted by molar-refractivity contribution is 1.50. The number of hydrogen-bond donors (Lipinski definition) is 0. The molecule has 72 valence electrons. The van der Waals surface area contributed by atoms with Crippen molar-refractivity contribution in [2.45, 2.75) is 27.7 Å². The predicted molar refractivity (Wildman–Crippen MR) is 65.2 cm³/mol. The number of rotatable bonds is 2. The van der Waals surface area contributed by atoms with Crippen molar-refractivity contribution in [1.82, 2.24) is 0 Å². The molecule has 0 aromatic carbocycles. The van der Waals surface area contributed by atoms with E-state index in [-0.39, 0.29) is 0 Å². The molecule has 0 fully saturated rings. The Labute approximate surface area is 85.6 Å². The first-order chi connectivity index (χ1) is 6.15. The zero-order valence-corrected chi connectivity index (χ0v) is 9.79. The van der Waals surface area contributed by atoms with Gasteiger partial charge < -0.3 is 0 Å². The lowest BCUT2D eigenvalue weighted by Gasteiger charge is -1.94. The van der Waals surface area contributed by atoms with Gasteiger partial charge in [-0.3, -0.25) is 0 Å². The first-order valence-electron chi connectivity index (χ1n) is 4.54. The Morgan fingerprint density at radius 2 is 2.00 bits per heavy atom. The lowest BCUT2D eigenvalue weighted by atomic mass is 10.2. The molecular weight excluding hydrogens is 176 g/mol. The minimum Gasteiger partial charge on any atom is -0.140 e. The fraction of sp³-hybridized carbons (Fsp3) is 0.333. The van der Waals surface area contributed by atoms with E-state index in [1.807, 2.05) is 26.8 Å². The van der Waals surface area contributed by atoms with Gasteiger partial charge in [-0.15, -0.1) is 11.3 Å². The van der Waals surface area contributed by atoms with Gasteiger partial charge in [0, 0.05) is 9.75 Å². The lowest BCUT2D eigenvalue weighted by Crippen LogP contribution is -1.72. The Hall–Kier alpha value is -0.820. The molecule has 0 saturated carbocycles. The van der Waals surface area contributed by atoms with Gasteiger partial charge in [-0.05, 0) is 31.1 Å². The zero-order chi connectivity index (χ0) is 10.4. The van der Waals surface area contributed by atoms with Gasteiger partial charge in [0.2, 0.25) is 0 Å². The summed E-state index contributed by atoms with van der Waals surface area (Å²) in [5.74, 6) is 0. The fourth-order valence-corrected chi connectivity index (χ4v) is 1.96. The second kappa shape index (κ2) is 5.76. The standard InChI is InChI=1S/C10H12S.C2H6/c1-5-9-6-8(4)11-10(9)7(2)3;1-2/h5-6H,1-2H2,3-4H3;1-2H3. The Morgan fingerprint density at radius 3 is 2.31 bits per heavy atom. The van der Waals surface area contributed by atoms with Crippen molar-refractivity contribution in [2.24, 2.45) is 0 Å². The summed E-state index contributed by atoms with van der Waals surface area (Å²) in [6, 6.07) is 2.14. The number of aryl methyl sites for hydroxylation is 1. The Kier molecular flexibility index (Phi) is 5.40. The second-order valence-corrected chi connectivity index (χ2v) is 3.88. The minimum absolute atomic E-state index is 1.12. The molecule has 0 spiro atoms. The highest BCUT2D eigenvalue weighted by molar-refractivity contribution is 7.13. The third-order valence-corrected chi connectivity index (χ3v) is 2.72. The third-order valence-electron chi connectivity index (χ3n) is 1.49. The van der Waals surface area contributed by atoms with Crippen LogP contribution in [0.4, 0.5) is 0 Å². The Morgan fingerprint density at radius 1 is 1.46 bits per heavy atom. The molecule has 1 aromatic heterocycles. The highest BCUT2D eigenvalue weighted by atomic mass is 32.1. The van der Waals surface area contributed by atoms with Crippen LogP contribution in [0.5, 0.6) is 0 Å². The highest BCUT2D eigenvalue weighted by Gasteiger charge is 2.03. The zero-order valence-electron chi connectivity index (χ0n) is 8.98. The molecule has 0 bridgehead atoms. The van der Waals surface area contributed by atoms with Crippen molar-refractivity contribution in [3.63, 3.8) is 0 Å². The molecule has 1 heteroatoms. The highest BCUT2D eigenvalue weighted by Crippen LogP contribution is 2.28. The summed E-state index contributed by atoms with van der Waals surface area (Å²) in [6.45, 7) is 15.8. The predicted octanol–water partition coefficient (Wildman–Crippen LogP) is 4.76. The molecule has 0 aliphatic rings. The minimum atomic E-state index is 1.12. The summed E-state index contributed by atoms with van der Waals surface area (Å²) in [6.07, 6.45) is 1.88. The molecule has 1 aromatic rings. The van der Waals surface area contributed by atoms with E-state index in [9.17, 15) is 0 Å². The van der Waals surface area contributed by atoms with Gasteiger partial charge in [0.15, 0.2) is 0 Å². The normalized spacial score (nSPS) is 8.62. The molecule has 0 nitrogen and oxygen atoms in total. The van der Waals surface area contributed by atoms with Crippen LogP contribution >= 0.6 is 11.3 Å². The van der Waals surface area contributed by atoms with Crippen LogP contribution in [-0.4, -0.2) is 0 Å². The molecule has 1 rings (SSSR count). The summed E-state index contributed by atoms with van der Waals surface area (Å²) >= 11 is 1.78. The fourth-order valence-electron chi connectivity index (χ4n) is 1.02. The average molecular weight is 194 g/mol. The van der Waals surface area contributed by atoms with Crippen LogP contribution in [0.15, 0.2) is 19.2 Å². The smallest absolute Gasteiger partial charge is 0.0368 e. The molecule has 0 N–H and O–H groups in total. The maximum Gasteiger partial charge on any atom is 0.0368 e. The van der Waals surface area contributed by atoms with Crippen molar-refractivity contribution in [1.29, 1.82) is 0 Å². The first kappa shape index (κ1) is 12.2. The van der Waals surface area contributed by atoms with Gasteiger partial charge in [-0.25, -0.2) is 0 Å². The quantitative estimate of drug-likeness (QED) is 0.637. The summed E-state index contributed by atoms with van der Waals surface area (Å²) in [4.78, 5) is 2.58. The average Bonchev–Trinajstić information content (AvgIpc) is 2.50. The molecule has 0 saturated heterocycles. The maximum atomic E-state index is 3.91. The van der Waals surface area contributed by atoms with Crippen molar-refractivity contribution in [2.75, 3.05) is 0 Å². The molecule has 0 atom stereocenters. The Balaban J connectivity index is 0.000000671. The third kappa shape index (κ3) is 3.19. The molecule has 0 unspecified atom stereocenters. The van der Waals surface area contributed by atoms with E-state index in [0.717, 1.165) is 5.57 Å². The van der Waals surface area contributed by atoms with Crippen LogP contribution < -0.4 is 0 Å².